The van der Waals surface area contributed by atoms with Gasteiger partial charge in [-0.15, -0.1) is 0 Å². The van der Waals surface area contributed by atoms with E-state index in [2.05, 4.69) is 63.7 Å². The monoisotopic (exact) mass is 381 g/mol. The van der Waals surface area contributed by atoms with Crippen molar-refractivity contribution < 1.29 is 0 Å². The zero-order valence-electron chi connectivity index (χ0n) is 16.8. The molecule has 5 nitrogen and oxygen atoms in total. The van der Waals surface area contributed by atoms with Gasteiger partial charge in [-0.05, 0) is 30.7 Å². The van der Waals surface area contributed by atoms with Gasteiger partial charge in [-0.2, -0.15) is 5.10 Å². The first-order valence-corrected chi connectivity index (χ1v) is 9.50. The lowest BCUT2D eigenvalue weighted by molar-refractivity contribution is 1.13. The number of para-hydroxylation sites is 1. The highest BCUT2D eigenvalue weighted by molar-refractivity contribution is 5.93. The summed E-state index contributed by atoms with van der Waals surface area (Å²) in [5.41, 5.74) is 9.18. The maximum Gasteiger partial charge on any atom is 0.244 e. The summed E-state index contributed by atoms with van der Waals surface area (Å²) in [7, 11) is 4.04. The van der Waals surface area contributed by atoms with Gasteiger partial charge in [0, 0.05) is 30.7 Å². The molecule has 0 saturated heterocycles. The Labute approximate surface area is 170 Å². The maximum absolute atomic E-state index is 4.73. The number of fused-ring (bicyclic) bond motifs is 1. The van der Waals surface area contributed by atoms with Crippen molar-refractivity contribution in [1.82, 2.24) is 9.97 Å². The molecule has 0 aliphatic heterocycles. The van der Waals surface area contributed by atoms with Crippen molar-refractivity contribution in [3.63, 3.8) is 0 Å². The van der Waals surface area contributed by atoms with E-state index in [-0.39, 0.29) is 0 Å². The van der Waals surface area contributed by atoms with Gasteiger partial charge in [-0.1, -0.05) is 60.2 Å². The van der Waals surface area contributed by atoms with Gasteiger partial charge < -0.3 is 4.90 Å². The molecule has 0 amide bonds. The second-order valence-electron chi connectivity index (χ2n) is 7.13. The molecule has 144 valence electrons. The van der Waals surface area contributed by atoms with E-state index in [1.54, 1.807) is 6.21 Å². The van der Waals surface area contributed by atoms with Crippen molar-refractivity contribution >= 4 is 28.8 Å². The molecule has 0 saturated carbocycles. The number of nitrogens with one attached hydrogen (secondary N) is 1. The second kappa shape index (κ2) is 8.10. The van der Waals surface area contributed by atoms with Crippen molar-refractivity contribution in [2.24, 2.45) is 5.10 Å². The van der Waals surface area contributed by atoms with Crippen LogP contribution in [0.2, 0.25) is 0 Å². The van der Waals surface area contributed by atoms with E-state index in [0.29, 0.717) is 5.95 Å². The highest BCUT2D eigenvalue weighted by Gasteiger charge is 2.09. The van der Waals surface area contributed by atoms with E-state index < -0.39 is 0 Å². The van der Waals surface area contributed by atoms with Crippen LogP contribution in [0.3, 0.4) is 0 Å². The fourth-order valence-electron chi connectivity index (χ4n) is 3.08. The lowest BCUT2D eigenvalue weighted by atomic mass is 10.1. The number of hydrogen-bond acceptors (Lipinski definition) is 5. The van der Waals surface area contributed by atoms with Gasteiger partial charge in [0.1, 0.15) is 0 Å². The van der Waals surface area contributed by atoms with E-state index in [9.17, 15) is 0 Å². The maximum atomic E-state index is 4.73. The van der Waals surface area contributed by atoms with Gasteiger partial charge >= 0.3 is 0 Å². The highest BCUT2D eigenvalue weighted by atomic mass is 15.3. The molecule has 0 spiro atoms. The predicted molar refractivity (Wildman–Crippen MR) is 122 cm³/mol. The van der Waals surface area contributed by atoms with Crippen LogP contribution in [0.4, 0.5) is 11.6 Å². The number of nitrogens with zero attached hydrogens (tertiary/aromatic N) is 4. The molecule has 0 bridgehead atoms. The van der Waals surface area contributed by atoms with Crippen molar-refractivity contribution in [3.05, 3.63) is 83.9 Å². The molecule has 1 N–H and O–H groups in total. The SMILES string of the molecule is Cc1ccc(-c2nc(N/N=C/c3ccc(N(C)C)cc3)nc3ccccc23)cc1. The first-order chi connectivity index (χ1) is 14.1. The Morgan fingerprint density at radius 3 is 2.31 bits per heavy atom. The summed E-state index contributed by atoms with van der Waals surface area (Å²) in [4.78, 5) is 11.4. The molecule has 0 aliphatic carbocycles. The smallest absolute Gasteiger partial charge is 0.244 e. The summed E-state index contributed by atoms with van der Waals surface area (Å²) in [5.74, 6) is 0.473. The molecule has 1 aromatic heterocycles. The fraction of sp³-hybridized carbons (Fsp3) is 0.125. The molecule has 0 aliphatic rings. The summed E-state index contributed by atoms with van der Waals surface area (Å²) >= 11 is 0. The topological polar surface area (TPSA) is 53.4 Å². The molecule has 3 aromatic carbocycles. The van der Waals surface area contributed by atoms with Crippen molar-refractivity contribution in [1.29, 1.82) is 0 Å². The average Bonchev–Trinajstić information content (AvgIpc) is 2.74. The molecule has 4 rings (SSSR count). The van der Waals surface area contributed by atoms with Gasteiger partial charge in [0.05, 0.1) is 17.4 Å². The summed E-state index contributed by atoms with van der Waals surface area (Å²) in [5, 5.41) is 5.35. The average molecular weight is 381 g/mol. The van der Waals surface area contributed by atoms with Gasteiger partial charge in [-0.3, -0.25) is 0 Å². The lowest BCUT2D eigenvalue weighted by Gasteiger charge is -2.11. The van der Waals surface area contributed by atoms with E-state index in [4.69, 9.17) is 4.98 Å². The van der Waals surface area contributed by atoms with Crippen LogP contribution in [0, 0.1) is 6.92 Å². The van der Waals surface area contributed by atoms with Crippen LogP contribution in [0.5, 0.6) is 0 Å². The minimum absolute atomic E-state index is 0.473. The number of rotatable bonds is 5. The van der Waals surface area contributed by atoms with Gasteiger partial charge in [0.2, 0.25) is 5.95 Å². The Hall–Kier alpha value is -3.73. The van der Waals surface area contributed by atoms with Crippen molar-refractivity contribution in [2.45, 2.75) is 6.92 Å². The molecule has 0 unspecified atom stereocenters. The summed E-state index contributed by atoms with van der Waals surface area (Å²) in [6, 6.07) is 24.6. The zero-order valence-corrected chi connectivity index (χ0v) is 16.8. The third kappa shape index (κ3) is 4.24. The predicted octanol–water partition coefficient (Wildman–Crippen LogP) is 5.12. The Bertz CT molecular complexity index is 1150. The molecule has 0 atom stereocenters. The normalized spacial score (nSPS) is 11.1. The van der Waals surface area contributed by atoms with Crippen LogP contribution in [-0.4, -0.2) is 30.3 Å². The molecule has 29 heavy (non-hydrogen) atoms. The van der Waals surface area contributed by atoms with Gasteiger partial charge in [0.25, 0.3) is 0 Å². The Kier molecular flexibility index (Phi) is 5.20. The van der Waals surface area contributed by atoms with Crippen LogP contribution in [-0.2, 0) is 0 Å². The molecule has 5 heteroatoms. The number of hydrazone groups is 1. The standard InChI is InChI=1S/C24H23N5/c1-17-8-12-19(13-9-17)23-21-6-4-5-7-22(21)26-24(27-23)28-25-16-18-10-14-20(15-11-18)29(2)3/h4-16H,1-3H3,(H,26,27,28)/b25-16+. The number of aromatic nitrogens is 2. The van der Waals surface area contributed by atoms with E-state index in [0.717, 1.165) is 33.4 Å². The fourth-order valence-corrected chi connectivity index (χ4v) is 3.08. The molecular formula is C24H23N5. The second-order valence-corrected chi connectivity index (χ2v) is 7.13. The van der Waals surface area contributed by atoms with Crippen LogP contribution < -0.4 is 10.3 Å². The van der Waals surface area contributed by atoms with E-state index in [1.165, 1.54) is 5.56 Å². The number of aryl methyl sites for hydroxylation is 1. The minimum Gasteiger partial charge on any atom is -0.378 e. The summed E-state index contributed by atoms with van der Waals surface area (Å²) in [6.07, 6.45) is 1.77. The Balaban J connectivity index is 1.63. The number of hydrogen-bond donors (Lipinski definition) is 1. The molecular weight excluding hydrogens is 358 g/mol. The van der Waals surface area contributed by atoms with Crippen molar-refractivity contribution in [3.8, 4) is 11.3 Å². The quantitative estimate of drug-likeness (QED) is 0.385. The number of anilines is 2. The summed E-state index contributed by atoms with van der Waals surface area (Å²) < 4.78 is 0. The minimum atomic E-state index is 0.473. The van der Waals surface area contributed by atoms with E-state index in [1.807, 2.05) is 50.5 Å². The zero-order chi connectivity index (χ0) is 20.2. The number of benzene rings is 3. The van der Waals surface area contributed by atoms with Crippen molar-refractivity contribution in [2.75, 3.05) is 24.4 Å². The Morgan fingerprint density at radius 2 is 1.59 bits per heavy atom. The van der Waals surface area contributed by atoms with Crippen LogP contribution >= 0.6 is 0 Å². The lowest BCUT2D eigenvalue weighted by Crippen LogP contribution is -2.08. The van der Waals surface area contributed by atoms with Gasteiger partial charge in [0.15, 0.2) is 0 Å². The molecule has 4 aromatic rings. The third-order valence-electron chi connectivity index (χ3n) is 4.72. The first kappa shape index (κ1) is 18.6. The Morgan fingerprint density at radius 1 is 0.862 bits per heavy atom. The summed E-state index contributed by atoms with van der Waals surface area (Å²) in [6.45, 7) is 2.08. The van der Waals surface area contributed by atoms with Crippen LogP contribution in [0.25, 0.3) is 22.2 Å². The first-order valence-electron chi connectivity index (χ1n) is 9.50. The molecule has 0 radical (unpaired) electrons. The highest BCUT2D eigenvalue weighted by Crippen LogP contribution is 2.27. The largest absolute Gasteiger partial charge is 0.378 e. The van der Waals surface area contributed by atoms with Gasteiger partial charge in [-0.25, -0.2) is 15.4 Å². The van der Waals surface area contributed by atoms with Crippen LogP contribution in [0.1, 0.15) is 11.1 Å². The third-order valence-corrected chi connectivity index (χ3v) is 4.72. The molecule has 1 heterocycles. The molecule has 0 fully saturated rings. The van der Waals surface area contributed by atoms with E-state index >= 15 is 0 Å². The van der Waals surface area contributed by atoms with Crippen LogP contribution in [0.15, 0.2) is 77.9 Å².